The molecule has 0 heterocycles. The van der Waals surface area contributed by atoms with Crippen LogP contribution in [-0.4, -0.2) is 162 Å². The van der Waals surface area contributed by atoms with Gasteiger partial charge < -0.3 is 52.1 Å². The maximum absolute atomic E-state index is 12.7. The topological polar surface area (TPSA) is 360 Å². The number of ether oxygens (including phenoxy) is 11. The number of esters is 11. The van der Waals surface area contributed by atoms with Crippen LogP contribution < -0.4 is 0 Å². The molecule has 6 aliphatic carbocycles. The maximum atomic E-state index is 12.7. The second kappa shape index (κ2) is 72.8. The summed E-state index contributed by atoms with van der Waals surface area (Å²) in [5, 5.41) is 0. The predicted octanol–water partition coefficient (Wildman–Crippen LogP) is 25.3. The molecule has 1 atom stereocenters. The fourth-order valence-corrected chi connectivity index (χ4v) is 16.8. The smallest absolute Gasteiger partial charge is 0.345 e. The minimum atomic E-state index is -0.861. The van der Waals surface area contributed by atoms with Crippen LogP contribution in [0.15, 0.2) is 212 Å². The summed E-state index contributed by atoms with van der Waals surface area (Å²) in [5.74, 6) is -5.21. The molecular formula is C118H164O28. The molecule has 0 amide bonds. The first-order valence-corrected chi connectivity index (χ1v) is 50.1. The normalized spacial score (nSPS) is 15.0. The van der Waals surface area contributed by atoms with Gasteiger partial charge in [0.25, 0.3) is 0 Å². The van der Waals surface area contributed by atoms with Crippen LogP contribution in [0.1, 0.15) is 350 Å². The molecule has 6 aliphatic rings. The number of benzene rings is 7. The van der Waals surface area contributed by atoms with Crippen LogP contribution in [0.2, 0.25) is 0 Å². The molecule has 0 spiro atoms. The van der Waals surface area contributed by atoms with Gasteiger partial charge in [0.2, 0.25) is 0 Å². The van der Waals surface area contributed by atoms with Crippen molar-refractivity contribution in [1.29, 1.82) is 0 Å². The van der Waals surface area contributed by atoms with Gasteiger partial charge in [0.1, 0.15) is 65.6 Å². The monoisotopic (exact) mass is 2030 g/mol. The average molecular weight is 2030 g/mol. The Kier molecular flexibility index (Phi) is 63.7. The molecule has 0 bridgehead atoms. The Hall–Kier alpha value is -12.4. The first-order valence-electron chi connectivity index (χ1n) is 50.1. The summed E-state index contributed by atoms with van der Waals surface area (Å²) in [6, 6.07) is 60.8. The van der Waals surface area contributed by atoms with E-state index in [2.05, 4.69) is 0 Å². The molecular weight excluding hydrogens is 1870 g/mol. The summed E-state index contributed by atoms with van der Waals surface area (Å²) >= 11 is 0. The van der Waals surface area contributed by atoms with Gasteiger partial charge in [-0.1, -0.05) is 301 Å². The lowest BCUT2D eigenvalue weighted by atomic mass is 9.86. The standard InChI is InChI=1S/C27H38O6.C27H32O6.C24H26O6.2C17H22O5.6CH4/c2*1-2-27(18-31-24(28)21-12-6-3-7-13-21,19-32-25(29)22-14-8-4-9-15-22)20-33-26(30)23-16-10-5-11-17-23;25-22(18-10-4-1-5-11-18)28-16-21(30-24(27)20-14-8-3-9-15-20)17-29-23(26)19-12-6-2-7-13-19;1-13(12-20-16(18)14-8-4-2-5-9-14)21-22-17(19)15-10-6-3-7-11-15;18-16(14-8-3-1-4-9-14)20-12-7-13-21-22-17(19)15-10-5-2-6-11-15;;;;;;/h3,6-7,12-13,22-23H,2,4-5,8-11,14-20H2,1H3;3-4,6-9,12-15,23H,2,5,10-11,16-20H2,1H3;1-2,4-7,10-13,20-21H,3,8-9,14-17H2;2,4-5,8-9,13,15H,3,6-7,10-12H2,1H3;1,3-4,8-9,15H,2,5-7,10-13H2;6*1H4. The highest BCUT2D eigenvalue weighted by molar-refractivity contribution is 5.93. The maximum Gasteiger partial charge on any atom is 0.345 e. The number of hydrogen-bond acceptors (Lipinski definition) is 28. The van der Waals surface area contributed by atoms with Crippen molar-refractivity contribution in [1.82, 2.24) is 0 Å². The number of carbonyl (C=O) groups is 13. The molecule has 6 fully saturated rings. The Morgan fingerprint density at radius 2 is 0.459 bits per heavy atom. The van der Waals surface area contributed by atoms with Crippen LogP contribution in [0.3, 0.4) is 0 Å². The SMILES string of the molecule is C.C.C.C.C.C.CC(COC(=O)c1ccccc1)OOC(=O)C1CCCCC1.CCC(COC(=O)c1ccccc1)(COC(=O)C1CCCCC1)COC(=O)C1CCCCC1.CCC(COC(=O)c1ccccc1)(COC(=O)c1ccccc1)COC(=O)C1CCCCC1.O=C(OCC(COC(=O)c1ccccc1)OC(=O)C1CCCCC1)c1ccccc1.O=C(OCCCOOC(=O)C1CCCCC1)c1ccccc1. The Balaban J connectivity index is 0.000000469. The Bertz CT molecular complexity index is 4690. The van der Waals surface area contributed by atoms with Crippen molar-refractivity contribution in [2.45, 2.75) is 289 Å². The zero-order chi connectivity index (χ0) is 99.6. The van der Waals surface area contributed by atoms with Crippen molar-refractivity contribution in [2.75, 3.05) is 72.7 Å². The van der Waals surface area contributed by atoms with Gasteiger partial charge in [0, 0.05) is 6.42 Å². The van der Waals surface area contributed by atoms with Crippen LogP contribution in [0.4, 0.5) is 0 Å². The highest BCUT2D eigenvalue weighted by Gasteiger charge is 2.40. The third-order valence-corrected chi connectivity index (χ3v) is 25.9. The second-order valence-electron chi connectivity index (χ2n) is 36.7. The van der Waals surface area contributed by atoms with Crippen molar-refractivity contribution in [3.05, 3.63) is 251 Å². The highest BCUT2D eigenvalue weighted by atomic mass is 17.2. The van der Waals surface area contributed by atoms with E-state index in [-0.39, 0.29) is 195 Å². The van der Waals surface area contributed by atoms with Crippen molar-refractivity contribution < 1.29 is 134 Å². The van der Waals surface area contributed by atoms with Gasteiger partial charge in [-0.25, -0.2) is 43.2 Å². The van der Waals surface area contributed by atoms with Crippen LogP contribution in [0.5, 0.6) is 0 Å². The Morgan fingerprint density at radius 3 is 0.712 bits per heavy atom. The minimum Gasteiger partial charge on any atom is -0.465 e. The van der Waals surface area contributed by atoms with Crippen molar-refractivity contribution in [3.8, 4) is 0 Å². The van der Waals surface area contributed by atoms with E-state index in [4.69, 9.17) is 71.7 Å². The first kappa shape index (κ1) is 128. The minimum absolute atomic E-state index is 0. The van der Waals surface area contributed by atoms with Crippen molar-refractivity contribution in [3.63, 3.8) is 0 Å². The molecule has 7 aromatic rings. The summed E-state index contributed by atoms with van der Waals surface area (Å²) < 4.78 is 60.3. The van der Waals surface area contributed by atoms with Gasteiger partial charge in [-0.05, 0) is 182 Å². The number of rotatable bonds is 41. The first-order chi connectivity index (χ1) is 68.1. The van der Waals surface area contributed by atoms with E-state index in [9.17, 15) is 62.3 Å². The molecule has 0 aliphatic heterocycles. The van der Waals surface area contributed by atoms with Gasteiger partial charge in [-0.3, -0.25) is 29.0 Å². The molecule has 6 saturated carbocycles. The van der Waals surface area contributed by atoms with Gasteiger partial charge in [0.15, 0.2) is 6.10 Å². The van der Waals surface area contributed by atoms with E-state index in [0.29, 0.717) is 58.2 Å². The van der Waals surface area contributed by atoms with E-state index in [0.717, 1.165) is 180 Å². The summed E-state index contributed by atoms with van der Waals surface area (Å²) in [4.78, 5) is 179. The Morgan fingerprint density at radius 1 is 0.247 bits per heavy atom. The summed E-state index contributed by atoms with van der Waals surface area (Å²) in [6.07, 6.45) is 29.8. The van der Waals surface area contributed by atoms with E-state index >= 15 is 0 Å². The molecule has 804 valence electrons. The molecule has 7 aromatic carbocycles. The third kappa shape index (κ3) is 47.0. The zero-order valence-electron chi connectivity index (χ0n) is 81.4. The van der Waals surface area contributed by atoms with Gasteiger partial charge in [-0.2, -0.15) is 9.78 Å². The number of hydrogen-bond donors (Lipinski definition) is 0. The lowest BCUT2D eigenvalue weighted by Gasteiger charge is -2.32. The van der Waals surface area contributed by atoms with Crippen LogP contribution in [0, 0.1) is 46.3 Å². The van der Waals surface area contributed by atoms with Crippen molar-refractivity contribution >= 4 is 77.6 Å². The lowest BCUT2D eigenvalue weighted by Crippen LogP contribution is -2.40. The molecule has 0 radical (unpaired) electrons. The largest absolute Gasteiger partial charge is 0.465 e. The van der Waals surface area contributed by atoms with Crippen molar-refractivity contribution in [2.24, 2.45) is 46.3 Å². The van der Waals surface area contributed by atoms with E-state index in [1.165, 1.54) is 12.8 Å². The van der Waals surface area contributed by atoms with Crippen LogP contribution in [-0.2, 0) is 100 Å². The highest BCUT2D eigenvalue weighted by Crippen LogP contribution is 2.35. The molecule has 146 heavy (non-hydrogen) atoms. The summed E-state index contributed by atoms with van der Waals surface area (Å²) in [7, 11) is 0. The van der Waals surface area contributed by atoms with Gasteiger partial charge >= 0.3 is 77.6 Å². The molecule has 0 aromatic heterocycles. The van der Waals surface area contributed by atoms with E-state index < -0.39 is 58.9 Å². The summed E-state index contributed by atoms with van der Waals surface area (Å²) in [5.41, 5.74) is 1.53. The molecule has 0 saturated heterocycles. The second-order valence-corrected chi connectivity index (χ2v) is 36.7. The summed E-state index contributed by atoms with van der Waals surface area (Å²) in [6.45, 7) is 5.76. The zero-order valence-corrected chi connectivity index (χ0v) is 81.4. The molecule has 1 unspecified atom stereocenters. The fraction of sp³-hybridized carbons (Fsp3) is 0.534. The van der Waals surface area contributed by atoms with Crippen LogP contribution in [0.25, 0.3) is 0 Å². The molecule has 0 N–H and O–H groups in total. The van der Waals surface area contributed by atoms with Gasteiger partial charge in [-0.15, -0.1) is 0 Å². The average Bonchev–Trinajstić information content (AvgIpc) is 0.841. The molecule has 28 nitrogen and oxygen atoms in total. The van der Waals surface area contributed by atoms with Crippen LogP contribution >= 0.6 is 0 Å². The fourth-order valence-electron chi connectivity index (χ4n) is 16.8. The Labute approximate surface area is 866 Å². The predicted molar refractivity (Wildman–Crippen MR) is 558 cm³/mol. The van der Waals surface area contributed by atoms with E-state index in [1.807, 2.05) is 44.2 Å². The number of carbonyl (C=O) groups excluding carboxylic acids is 13. The molecule has 28 heteroatoms. The quantitative estimate of drug-likeness (QED) is 0.0113. The molecule has 13 rings (SSSR count). The lowest BCUT2D eigenvalue weighted by molar-refractivity contribution is -0.302. The third-order valence-electron chi connectivity index (χ3n) is 25.9. The van der Waals surface area contributed by atoms with Gasteiger partial charge in [0.05, 0.1) is 98.5 Å². The van der Waals surface area contributed by atoms with E-state index in [1.54, 1.807) is 189 Å².